The van der Waals surface area contributed by atoms with Crippen LogP contribution in [-0.4, -0.2) is 21.0 Å². The summed E-state index contributed by atoms with van der Waals surface area (Å²) in [5, 5.41) is 18.7. The van der Waals surface area contributed by atoms with Crippen LogP contribution in [0.2, 0.25) is 0 Å². The van der Waals surface area contributed by atoms with Gasteiger partial charge in [0, 0.05) is 11.1 Å². The van der Waals surface area contributed by atoms with Crippen LogP contribution in [0, 0.1) is 5.82 Å². The molecule has 0 amide bonds. The zero-order chi connectivity index (χ0) is 16.4. The van der Waals surface area contributed by atoms with Gasteiger partial charge in [-0.3, -0.25) is 4.79 Å². The molecule has 0 fully saturated rings. The molecule has 0 unspecified atom stereocenters. The molecule has 0 aliphatic carbocycles. The van der Waals surface area contributed by atoms with Gasteiger partial charge < -0.3 is 10.2 Å². The van der Waals surface area contributed by atoms with Crippen LogP contribution >= 0.6 is 0 Å². The molecule has 4 nitrogen and oxygen atoms in total. The Bertz CT molecular complexity index is 893. The smallest absolute Gasteiger partial charge is 0.211 e. The first-order chi connectivity index (χ1) is 11.0. The van der Waals surface area contributed by atoms with E-state index in [0.717, 1.165) is 6.07 Å². The fraction of sp³-hybridized carbons (Fsp3) is 0. The molecule has 0 aliphatic heterocycles. The molecule has 0 aliphatic rings. The third-order valence-electron chi connectivity index (χ3n) is 3.33. The lowest BCUT2D eigenvalue weighted by molar-refractivity contribution is 0.103. The Hall–Kier alpha value is -3.21. The molecule has 2 aromatic carbocycles. The lowest BCUT2D eigenvalue weighted by Gasteiger charge is -2.06. The van der Waals surface area contributed by atoms with Gasteiger partial charge in [0.1, 0.15) is 11.4 Å². The van der Waals surface area contributed by atoms with E-state index in [-0.39, 0.29) is 17.2 Å². The first-order valence-electron chi connectivity index (χ1n) is 6.84. The number of aromatic hydroxyl groups is 2. The Kier molecular flexibility index (Phi) is 3.76. The van der Waals surface area contributed by atoms with Gasteiger partial charge in [-0.1, -0.05) is 18.2 Å². The Morgan fingerprint density at radius 1 is 0.957 bits per heavy atom. The van der Waals surface area contributed by atoms with Crippen molar-refractivity contribution in [3.8, 4) is 22.8 Å². The van der Waals surface area contributed by atoms with Crippen LogP contribution in [0.25, 0.3) is 11.3 Å². The molecule has 0 spiro atoms. The Morgan fingerprint density at radius 2 is 1.74 bits per heavy atom. The predicted octanol–water partition coefficient (Wildman–Crippen LogP) is 3.53. The summed E-state index contributed by atoms with van der Waals surface area (Å²) in [6, 6.07) is 14.7. The van der Waals surface area contributed by atoms with E-state index in [1.807, 2.05) is 0 Å². The summed E-state index contributed by atoms with van der Waals surface area (Å²) in [5.74, 6) is -1.55. The standard InChI is InChI=1S/C18H12FNO3/c19-14-10-11(7-8-17(14)22)15-5-2-6-16(20-15)18(23)12-3-1-4-13(21)9-12/h1-10,21-22H. The van der Waals surface area contributed by atoms with E-state index in [0.29, 0.717) is 16.8 Å². The lowest BCUT2D eigenvalue weighted by atomic mass is 10.1. The average Bonchev–Trinajstić information content (AvgIpc) is 2.57. The number of benzene rings is 2. The van der Waals surface area contributed by atoms with Crippen molar-refractivity contribution in [3.05, 3.63) is 77.7 Å². The fourth-order valence-electron chi connectivity index (χ4n) is 2.18. The number of hydrogen-bond acceptors (Lipinski definition) is 4. The normalized spacial score (nSPS) is 10.5. The van der Waals surface area contributed by atoms with Gasteiger partial charge in [0.25, 0.3) is 0 Å². The molecule has 0 atom stereocenters. The van der Waals surface area contributed by atoms with Crippen LogP contribution in [0.3, 0.4) is 0 Å². The van der Waals surface area contributed by atoms with Gasteiger partial charge in [-0.15, -0.1) is 0 Å². The molecule has 0 saturated carbocycles. The van der Waals surface area contributed by atoms with Crippen molar-refractivity contribution in [2.24, 2.45) is 0 Å². The van der Waals surface area contributed by atoms with Gasteiger partial charge in [-0.05, 0) is 42.5 Å². The minimum atomic E-state index is -0.756. The fourth-order valence-corrected chi connectivity index (χ4v) is 2.18. The zero-order valence-corrected chi connectivity index (χ0v) is 11.9. The van der Waals surface area contributed by atoms with Gasteiger partial charge in [-0.25, -0.2) is 9.37 Å². The van der Waals surface area contributed by atoms with Crippen molar-refractivity contribution in [2.45, 2.75) is 0 Å². The van der Waals surface area contributed by atoms with Crippen LogP contribution in [0.15, 0.2) is 60.7 Å². The van der Waals surface area contributed by atoms with E-state index in [4.69, 9.17) is 0 Å². The van der Waals surface area contributed by atoms with E-state index in [2.05, 4.69) is 4.98 Å². The van der Waals surface area contributed by atoms with Crippen molar-refractivity contribution >= 4 is 5.78 Å². The quantitative estimate of drug-likeness (QED) is 0.726. The maximum Gasteiger partial charge on any atom is 0.211 e. The van der Waals surface area contributed by atoms with Crippen LogP contribution in [0.4, 0.5) is 4.39 Å². The van der Waals surface area contributed by atoms with Crippen molar-refractivity contribution < 1.29 is 19.4 Å². The number of rotatable bonds is 3. The molecule has 2 N–H and O–H groups in total. The van der Waals surface area contributed by atoms with Crippen LogP contribution in [0.5, 0.6) is 11.5 Å². The maximum absolute atomic E-state index is 13.5. The second-order valence-electron chi connectivity index (χ2n) is 4.95. The molecule has 1 aromatic heterocycles. The number of carbonyl (C=O) groups excluding carboxylic acids is 1. The number of ketones is 1. The number of carbonyl (C=O) groups is 1. The number of halogens is 1. The Balaban J connectivity index is 1.99. The highest BCUT2D eigenvalue weighted by Gasteiger charge is 2.13. The van der Waals surface area contributed by atoms with Crippen molar-refractivity contribution in [2.75, 3.05) is 0 Å². The monoisotopic (exact) mass is 309 g/mol. The topological polar surface area (TPSA) is 70.4 Å². The van der Waals surface area contributed by atoms with E-state index in [9.17, 15) is 19.4 Å². The SMILES string of the molecule is O=C(c1cccc(O)c1)c1cccc(-c2ccc(O)c(F)c2)n1. The summed E-state index contributed by atoms with van der Waals surface area (Å²) in [7, 11) is 0. The Labute approximate surface area is 131 Å². The summed E-state index contributed by atoms with van der Waals surface area (Å²) in [5.41, 5.74) is 1.36. The van der Waals surface area contributed by atoms with Gasteiger partial charge in [0.2, 0.25) is 5.78 Å². The number of aromatic nitrogens is 1. The molecule has 23 heavy (non-hydrogen) atoms. The summed E-state index contributed by atoms with van der Waals surface area (Å²) >= 11 is 0. The zero-order valence-electron chi connectivity index (χ0n) is 11.9. The molecular weight excluding hydrogens is 297 g/mol. The van der Waals surface area contributed by atoms with Crippen molar-refractivity contribution in [3.63, 3.8) is 0 Å². The summed E-state index contributed by atoms with van der Waals surface area (Å²) in [4.78, 5) is 16.7. The van der Waals surface area contributed by atoms with Crippen molar-refractivity contribution in [1.29, 1.82) is 0 Å². The van der Waals surface area contributed by atoms with Gasteiger partial charge in [-0.2, -0.15) is 0 Å². The molecule has 0 bridgehead atoms. The predicted molar refractivity (Wildman–Crippen MR) is 82.8 cm³/mol. The molecule has 114 valence electrons. The second kappa shape index (κ2) is 5.88. The highest BCUT2D eigenvalue weighted by molar-refractivity contribution is 6.08. The highest BCUT2D eigenvalue weighted by atomic mass is 19.1. The number of pyridine rings is 1. The summed E-state index contributed by atoms with van der Waals surface area (Å²) < 4.78 is 13.5. The molecule has 1 heterocycles. The molecule has 0 radical (unpaired) electrons. The molecule has 3 rings (SSSR count). The molecule has 3 aromatic rings. The van der Waals surface area contributed by atoms with Gasteiger partial charge >= 0.3 is 0 Å². The molecule has 0 saturated heterocycles. The third kappa shape index (κ3) is 3.03. The van der Waals surface area contributed by atoms with Crippen molar-refractivity contribution in [1.82, 2.24) is 4.98 Å². The number of nitrogens with zero attached hydrogens (tertiary/aromatic N) is 1. The summed E-state index contributed by atoms with van der Waals surface area (Å²) in [6.07, 6.45) is 0. The Morgan fingerprint density at radius 3 is 2.48 bits per heavy atom. The number of phenolic OH excluding ortho intramolecular Hbond substituents is 2. The molecule has 5 heteroatoms. The van der Waals surface area contributed by atoms with E-state index in [1.165, 1.54) is 24.3 Å². The van der Waals surface area contributed by atoms with Gasteiger partial charge in [0.05, 0.1) is 5.69 Å². The lowest BCUT2D eigenvalue weighted by Crippen LogP contribution is -2.04. The third-order valence-corrected chi connectivity index (χ3v) is 3.33. The number of hydrogen-bond donors (Lipinski definition) is 2. The van der Waals surface area contributed by atoms with Gasteiger partial charge in [0.15, 0.2) is 11.6 Å². The largest absolute Gasteiger partial charge is 0.508 e. The summed E-state index contributed by atoms with van der Waals surface area (Å²) in [6.45, 7) is 0. The van der Waals surface area contributed by atoms with E-state index in [1.54, 1.807) is 30.3 Å². The van der Waals surface area contributed by atoms with E-state index < -0.39 is 11.6 Å². The maximum atomic E-state index is 13.5. The van der Waals surface area contributed by atoms with E-state index >= 15 is 0 Å². The van der Waals surface area contributed by atoms with Crippen LogP contribution < -0.4 is 0 Å². The minimum Gasteiger partial charge on any atom is -0.508 e. The first kappa shape index (κ1) is 14.7. The van der Waals surface area contributed by atoms with Crippen LogP contribution in [-0.2, 0) is 0 Å². The number of phenols is 2. The highest BCUT2D eigenvalue weighted by Crippen LogP contribution is 2.24. The molecular formula is C18H12FNO3. The first-order valence-corrected chi connectivity index (χ1v) is 6.84. The van der Waals surface area contributed by atoms with Crippen LogP contribution in [0.1, 0.15) is 16.1 Å². The minimum absolute atomic E-state index is 0.00684. The second-order valence-corrected chi connectivity index (χ2v) is 4.95. The average molecular weight is 309 g/mol.